The second-order valence-corrected chi connectivity index (χ2v) is 1.50. The zero-order chi connectivity index (χ0) is 4.50. The molecule has 0 rings (SSSR count). The average molecular weight is 293 g/mol. The summed E-state index contributed by atoms with van der Waals surface area (Å²) in [6, 6.07) is 0. The topological polar surface area (TPSA) is 92.2 Å². The van der Waals surface area contributed by atoms with Crippen LogP contribution in [-0.4, -0.2) is 9.05 Å². The van der Waals surface area contributed by atoms with Crippen molar-refractivity contribution in [2.45, 2.75) is 0 Å². The predicted molar refractivity (Wildman–Crippen MR) is 5.75 cm³/mol. The largest absolute Gasteiger partial charge is 4.00 e. The molecule has 0 N–H and O–H groups in total. The van der Waals surface area contributed by atoms with E-state index in [9.17, 15) is 0 Å². The predicted octanol–water partition coefficient (Wildman–Crippen LogP) is -5.14. The molecule has 0 aromatic carbocycles. The van der Waals surface area contributed by atoms with Crippen LogP contribution >= 0.6 is 0 Å². The van der Waals surface area contributed by atoms with Gasteiger partial charge < -0.3 is 28.2 Å². The minimum absolute atomic E-state index is 0. The van der Waals surface area contributed by atoms with E-state index >= 15 is 0 Å². The maximum atomic E-state index is 8.58. The first-order chi connectivity index (χ1) is 2.00. The van der Waals surface area contributed by atoms with Crippen molar-refractivity contribution < 1.29 is 46.9 Å². The van der Waals surface area contributed by atoms with Gasteiger partial charge in [0.05, 0.1) is 0 Å². The third-order valence-electron chi connectivity index (χ3n) is 0. The third-order valence-corrected chi connectivity index (χ3v) is 0. The smallest absolute Gasteiger partial charge is 0.894 e. The Morgan fingerprint density at radius 1 is 0.833 bits per heavy atom. The summed E-state index contributed by atoms with van der Waals surface area (Å²) in [5.41, 5.74) is 0. The van der Waals surface area contributed by atoms with Gasteiger partial charge in [-0.05, 0) is 0 Å². The van der Waals surface area contributed by atoms with Gasteiger partial charge in [-0.2, -0.15) is 0 Å². The second kappa shape index (κ2) is 3.05. The standard InChI is InChI=1S/Hg.O4Si/c;1-5(2,3)4/q+4;-4. The van der Waals surface area contributed by atoms with Gasteiger partial charge in [-0.1, -0.05) is 0 Å². The summed E-state index contributed by atoms with van der Waals surface area (Å²) in [4.78, 5) is 34.3. The van der Waals surface area contributed by atoms with Crippen LogP contribution in [0.25, 0.3) is 0 Å². The van der Waals surface area contributed by atoms with Crippen molar-refractivity contribution in [3.63, 3.8) is 0 Å². The van der Waals surface area contributed by atoms with Crippen LogP contribution in [0.3, 0.4) is 0 Å². The van der Waals surface area contributed by atoms with Gasteiger partial charge in [-0.15, -0.1) is 0 Å². The Balaban J connectivity index is 0. The van der Waals surface area contributed by atoms with Crippen molar-refractivity contribution in [3.8, 4) is 0 Å². The van der Waals surface area contributed by atoms with Crippen molar-refractivity contribution >= 4 is 9.05 Å². The van der Waals surface area contributed by atoms with Crippen molar-refractivity contribution in [1.29, 1.82) is 0 Å². The normalized spacial score (nSPS) is 10.0. The Bertz CT molecular complexity index is 23.0. The molecule has 0 aliphatic heterocycles. The molecular formula is HgO4Si. The zero-order valence-electron chi connectivity index (χ0n) is 2.84. The van der Waals surface area contributed by atoms with Crippen molar-refractivity contribution in [3.05, 3.63) is 0 Å². The van der Waals surface area contributed by atoms with Gasteiger partial charge in [0.1, 0.15) is 0 Å². The molecule has 0 fully saturated rings. The second-order valence-electron chi connectivity index (χ2n) is 0.500. The minimum Gasteiger partial charge on any atom is -0.894 e. The van der Waals surface area contributed by atoms with E-state index in [0.29, 0.717) is 0 Å². The molecule has 0 saturated carbocycles. The zero-order valence-corrected chi connectivity index (χ0v) is 9.34. The van der Waals surface area contributed by atoms with Gasteiger partial charge in [0, 0.05) is 0 Å². The molecule has 0 unspecified atom stereocenters. The molecule has 0 atom stereocenters. The molecular weight excluding hydrogens is 293 g/mol. The Hall–Kier alpha value is 0.992. The van der Waals surface area contributed by atoms with Crippen LogP contribution in [0.1, 0.15) is 0 Å². The van der Waals surface area contributed by atoms with E-state index in [1.54, 1.807) is 0 Å². The van der Waals surface area contributed by atoms with E-state index < -0.39 is 9.05 Å². The molecule has 0 aliphatic carbocycles. The molecule has 0 bridgehead atoms. The molecule has 6 heavy (non-hydrogen) atoms. The Kier molecular flexibility index (Phi) is 5.13. The molecule has 0 spiro atoms. The maximum absolute atomic E-state index is 8.58. The summed E-state index contributed by atoms with van der Waals surface area (Å²) < 4.78 is 0. The van der Waals surface area contributed by atoms with Gasteiger partial charge >= 0.3 is 27.7 Å². The van der Waals surface area contributed by atoms with E-state index in [1.165, 1.54) is 0 Å². The van der Waals surface area contributed by atoms with Gasteiger partial charge in [0.15, 0.2) is 0 Å². The van der Waals surface area contributed by atoms with Crippen LogP contribution in [0.2, 0.25) is 0 Å². The first kappa shape index (κ1) is 10.1. The third kappa shape index (κ3) is 80.8. The average Bonchev–Trinajstić information content (AvgIpc) is 0.722. The minimum atomic E-state index is -5.61. The van der Waals surface area contributed by atoms with Gasteiger partial charge in [0.25, 0.3) is 0 Å². The number of hydrogen-bond acceptors (Lipinski definition) is 4. The van der Waals surface area contributed by atoms with Crippen LogP contribution in [0, 0.1) is 0 Å². The van der Waals surface area contributed by atoms with Crippen LogP contribution in [-0.2, 0) is 27.7 Å². The summed E-state index contributed by atoms with van der Waals surface area (Å²) in [6.45, 7) is 0. The molecule has 30 valence electrons. The monoisotopic (exact) mass is 294 g/mol. The fourth-order valence-electron chi connectivity index (χ4n) is 0. The van der Waals surface area contributed by atoms with E-state index in [1.807, 2.05) is 0 Å². The fraction of sp³-hybridized carbons (Fsp3) is 0. The number of rotatable bonds is 0. The Morgan fingerprint density at radius 3 is 0.833 bits per heavy atom. The first-order valence-corrected chi connectivity index (χ1v) is 2.45. The van der Waals surface area contributed by atoms with E-state index in [0.717, 1.165) is 0 Å². The summed E-state index contributed by atoms with van der Waals surface area (Å²) in [7, 11) is -5.61. The fourth-order valence-corrected chi connectivity index (χ4v) is 0. The SMILES string of the molecule is [Hg+4].[O-][Si]([O-])([O-])[O-]. The molecule has 4 nitrogen and oxygen atoms in total. The molecule has 0 heterocycles. The molecule has 0 aromatic rings. The first-order valence-electron chi connectivity index (χ1n) is 0.816. The van der Waals surface area contributed by atoms with Crippen LogP contribution in [0.4, 0.5) is 0 Å². The Labute approximate surface area is 56.1 Å². The molecule has 0 aromatic heterocycles. The summed E-state index contributed by atoms with van der Waals surface area (Å²) >= 11 is 0. The van der Waals surface area contributed by atoms with Crippen LogP contribution in [0.5, 0.6) is 0 Å². The van der Waals surface area contributed by atoms with Crippen LogP contribution < -0.4 is 19.2 Å². The summed E-state index contributed by atoms with van der Waals surface area (Å²) in [5.74, 6) is 0. The maximum Gasteiger partial charge on any atom is 4.00 e. The Morgan fingerprint density at radius 2 is 0.833 bits per heavy atom. The van der Waals surface area contributed by atoms with E-state index in [-0.39, 0.29) is 27.7 Å². The molecule has 0 saturated heterocycles. The molecule has 0 amide bonds. The van der Waals surface area contributed by atoms with Crippen molar-refractivity contribution in [2.24, 2.45) is 0 Å². The van der Waals surface area contributed by atoms with Crippen LogP contribution in [0.15, 0.2) is 0 Å². The quantitative estimate of drug-likeness (QED) is 0.417. The van der Waals surface area contributed by atoms with Gasteiger partial charge in [-0.25, -0.2) is 0 Å². The molecule has 6 heteroatoms. The molecule has 0 radical (unpaired) electrons. The summed E-state index contributed by atoms with van der Waals surface area (Å²) in [6.07, 6.45) is 0. The van der Waals surface area contributed by atoms with Gasteiger partial charge in [0.2, 0.25) is 0 Å². The molecule has 0 aliphatic rings. The summed E-state index contributed by atoms with van der Waals surface area (Å²) in [5, 5.41) is 0. The van der Waals surface area contributed by atoms with Crippen molar-refractivity contribution in [2.75, 3.05) is 0 Å². The number of hydrogen-bond donors (Lipinski definition) is 0. The van der Waals surface area contributed by atoms with Gasteiger partial charge in [-0.3, -0.25) is 0 Å². The van der Waals surface area contributed by atoms with E-state index in [2.05, 4.69) is 0 Å². The van der Waals surface area contributed by atoms with Crippen molar-refractivity contribution in [1.82, 2.24) is 0 Å². The van der Waals surface area contributed by atoms with E-state index in [4.69, 9.17) is 19.2 Å².